The van der Waals surface area contributed by atoms with E-state index in [4.69, 9.17) is 25.5 Å². The van der Waals surface area contributed by atoms with Gasteiger partial charge in [0.2, 0.25) is 10.9 Å². The lowest BCUT2D eigenvalue weighted by molar-refractivity contribution is 0.0970. The number of methoxy groups -OCH3 is 1. The molecule has 0 saturated carbocycles. The zero-order chi connectivity index (χ0) is 25.5. The smallest absolute Gasteiger partial charge is 0.297 e. The molecule has 1 aliphatic rings. The van der Waals surface area contributed by atoms with Gasteiger partial charge < -0.3 is 13.9 Å². The summed E-state index contributed by atoms with van der Waals surface area (Å²) in [6.45, 7) is 0.356. The summed E-state index contributed by atoms with van der Waals surface area (Å²) >= 11 is 7.35. The van der Waals surface area contributed by atoms with Crippen molar-refractivity contribution >= 4 is 44.9 Å². The molecule has 3 heterocycles. The van der Waals surface area contributed by atoms with Gasteiger partial charge in [-0.15, -0.1) is 10.2 Å². The van der Waals surface area contributed by atoms with Crippen molar-refractivity contribution in [2.75, 3.05) is 12.0 Å². The SMILES string of the molecule is COc1cc(C2c3c(oc4ccc(Cl)cc4c3=O)C(=O)N2c2nncs2)ccc1OCc1ccccc1. The van der Waals surface area contributed by atoms with Crippen molar-refractivity contribution < 1.29 is 18.7 Å². The normalized spacial score (nSPS) is 14.7. The van der Waals surface area contributed by atoms with Gasteiger partial charge in [-0.2, -0.15) is 0 Å². The summed E-state index contributed by atoms with van der Waals surface area (Å²) in [6, 6.07) is 19.0. The third-order valence-corrected chi connectivity index (χ3v) is 7.05. The molecule has 0 fully saturated rings. The topological polar surface area (TPSA) is 94.8 Å². The van der Waals surface area contributed by atoms with Gasteiger partial charge in [-0.3, -0.25) is 14.5 Å². The molecule has 10 heteroatoms. The van der Waals surface area contributed by atoms with E-state index >= 15 is 0 Å². The van der Waals surface area contributed by atoms with E-state index in [1.807, 2.05) is 30.3 Å². The van der Waals surface area contributed by atoms with E-state index in [0.29, 0.717) is 33.8 Å². The first-order chi connectivity index (χ1) is 18.0. The van der Waals surface area contributed by atoms with Crippen LogP contribution >= 0.6 is 22.9 Å². The lowest BCUT2D eigenvalue weighted by Crippen LogP contribution is -2.29. The van der Waals surface area contributed by atoms with Crippen molar-refractivity contribution in [3.63, 3.8) is 0 Å². The Hall–Kier alpha value is -4.21. The average molecular weight is 532 g/mol. The van der Waals surface area contributed by atoms with E-state index in [1.165, 1.54) is 28.9 Å². The minimum absolute atomic E-state index is 0.0385. The maximum absolute atomic E-state index is 13.7. The molecule has 0 saturated heterocycles. The van der Waals surface area contributed by atoms with E-state index in [-0.39, 0.29) is 27.7 Å². The number of benzene rings is 3. The second-order valence-corrected chi connectivity index (χ2v) is 9.55. The van der Waals surface area contributed by atoms with Crippen LogP contribution in [-0.2, 0) is 6.61 Å². The van der Waals surface area contributed by atoms with Crippen LogP contribution in [-0.4, -0.2) is 23.2 Å². The van der Waals surface area contributed by atoms with Gasteiger partial charge in [-0.1, -0.05) is 59.3 Å². The molecule has 1 atom stereocenters. The zero-order valence-corrected chi connectivity index (χ0v) is 21.0. The molecule has 0 radical (unpaired) electrons. The maximum atomic E-state index is 13.7. The Bertz CT molecular complexity index is 1690. The first kappa shape index (κ1) is 23.2. The number of anilines is 1. The molecule has 2 aromatic heterocycles. The summed E-state index contributed by atoms with van der Waals surface area (Å²) < 4.78 is 17.6. The summed E-state index contributed by atoms with van der Waals surface area (Å²) in [5.74, 6) is 0.469. The maximum Gasteiger partial charge on any atom is 0.297 e. The Balaban J connectivity index is 1.48. The number of carbonyl (C=O) groups is 1. The van der Waals surface area contributed by atoms with Crippen molar-refractivity contribution in [3.05, 3.63) is 110 Å². The molecule has 3 aromatic carbocycles. The fraction of sp³-hybridized carbons (Fsp3) is 0.111. The molecular formula is C27H18ClN3O5S. The number of carbonyl (C=O) groups excluding carboxylic acids is 1. The highest BCUT2D eigenvalue weighted by atomic mass is 35.5. The van der Waals surface area contributed by atoms with Gasteiger partial charge in [0.15, 0.2) is 16.9 Å². The minimum Gasteiger partial charge on any atom is -0.493 e. The predicted molar refractivity (Wildman–Crippen MR) is 140 cm³/mol. The van der Waals surface area contributed by atoms with Gasteiger partial charge in [0.05, 0.1) is 24.1 Å². The highest BCUT2D eigenvalue weighted by Crippen LogP contribution is 2.43. The third kappa shape index (κ3) is 4.02. The number of hydrogen-bond donors (Lipinski definition) is 0. The Labute approximate surface area is 219 Å². The summed E-state index contributed by atoms with van der Waals surface area (Å²) in [7, 11) is 1.54. The van der Waals surface area contributed by atoms with Gasteiger partial charge in [-0.25, -0.2) is 0 Å². The first-order valence-corrected chi connectivity index (χ1v) is 12.5. The molecule has 1 aliphatic heterocycles. The Morgan fingerprint density at radius 1 is 1.05 bits per heavy atom. The molecule has 1 amide bonds. The van der Waals surface area contributed by atoms with Gasteiger partial charge in [0.1, 0.15) is 17.7 Å². The fourth-order valence-electron chi connectivity index (χ4n) is 4.44. The van der Waals surface area contributed by atoms with Crippen molar-refractivity contribution in [1.82, 2.24) is 10.2 Å². The molecule has 0 bridgehead atoms. The molecular weight excluding hydrogens is 514 g/mol. The molecule has 0 aliphatic carbocycles. The van der Waals surface area contributed by atoms with Crippen LogP contribution in [0.2, 0.25) is 5.02 Å². The lowest BCUT2D eigenvalue weighted by atomic mass is 9.98. The van der Waals surface area contributed by atoms with Crippen molar-refractivity contribution in [3.8, 4) is 11.5 Å². The summed E-state index contributed by atoms with van der Waals surface area (Å²) in [5.41, 5.74) is 3.30. The molecule has 8 nitrogen and oxygen atoms in total. The minimum atomic E-state index is -0.813. The van der Waals surface area contributed by atoms with E-state index in [9.17, 15) is 9.59 Å². The number of fused-ring (bicyclic) bond motifs is 2. The van der Waals surface area contributed by atoms with Crippen molar-refractivity contribution in [2.24, 2.45) is 0 Å². The van der Waals surface area contributed by atoms with E-state index in [1.54, 1.807) is 36.4 Å². The quantitative estimate of drug-likeness (QED) is 0.280. The number of halogens is 1. The van der Waals surface area contributed by atoms with Crippen LogP contribution < -0.4 is 19.8 Å². The fourth-order valence-corrected chi connectivity index (χ4v) is 5.20. The molecule has 184 valence electrons. The highest BCUT2D eigenvalue weighted by Gasteiger charge is 2.45. The lowest BCUT2D eigenvalue weighted by Gasteiger charge is -2.23. The monoisotopic (exact) mass is 531 g/mol. The van der Waals surface area contributed by atoms with Crippen molar-refractivity contribution in [1.29, 1.82) is 0 Å². The number of rotatable bonds is 6. The van der Waals surface area contributed by atoms with Crippen LogP contribution in [0, 0.1) is 0 Å². The Morgan fingerprint density at radius 3 is 2.65 bits per heavy atom. The van der Waals surface area contributed by atoms with Crippen LogP contribution in [0.5, 0.6) is 11.5 Å². The third-order valence-electron chi connectivity index (χ3n) is 6.13. The van der Waals surface area contributed by atoms with E-state index in [0.717, 1.165) is 5.56 Å². The predicted octanol–water partition coefficient (Wildman–Crippen LogP) is 5.64. The van der Waals surface area contributed by atoms with Crippen LogP contribution in [0.1, 0.15) is 33.3 Å². The number of nitrogens with zero attached hydrogens (tertiary/aromatic N) is 3. The summed E-state index contributed by atoms with van der Waals surface area (Å²) in [4.78, 5) is 28.7. The Morgan fingerprint density at radius 2 is 1.89 bits per heavy atom. The second kappa shape index (κ2) is 9.34. The van der Waals surface area contributed by atoms with Crippen LogP contribution in [0.3, 0.4) is 0 Å². The van der Waals surface area contributed by atoms with Crippen LogP contribution in [0.25, 0.3) is 11.0 Å². The molecule has 6 rings (SSSR count). The molecule has 0 spiro atoms. The molecule has 1 unspecified atom stereocenters. The van der Waals surface area contributed by atoms with Crippen LogP contribution in [0.4, 0.5) is 5.13 Å². The van der Waals surface area contributed by atoms with Crippen molar-refractivity contribution in [2.45, 2.75) is 12.6 Å². The zero-order valence-electron chi connectivity index (χ0n) is 19.4. The second-order valence-electron chi connectivity index (χ2n) is 8.30. The number of amides is 1. The van der Waals surface area contributed by atoms with Crippen LogP contribution in [0.15, 0.2) is 81.5 Å². The summed E-state index contributed by atoms with van der Waals surface area (Å²) in [6.07, 6.45) is 0. The van der Waals surface area contributed by atoms with Gasteiger partial charge in [-0.05, 0) is 41.5 Å². The van der Waals surface area contributed by atoms with Gasteiger partial charge in [0.25, 0.3) is 5.91 Å². The average Bonchev–Trinajstić information content (AvgIpc) is 3.55. The molecule has 37 heavy (non-hydrogen) atoms. The number of hydrogen-bond acceptors (Lipinski definition) is 8. The standard InChI is InChI=1S/C27H18ClN3O5S/c1-34-21-11-16(7-9-20(21)35-13-15-5-3-2-4-6-15)23-22-24(32)18-12-17(28)8-10-19(18)36-25(22)26(33)31(23)27-30-29-14-37-27/h2-12,14,23H,13H2,1H3. The largest absolute Gasteiger partial charge is 0.493 e. The Kier molecular flexibility index (Phi) is 5.86. The number of aromatic nitrogens is 2. The van der Waals surface area contributed by atoms with E-state index < -0.39 is 11.9 Å². The first-order valence-electron chi connectivity index (χ1n) is 11.3. The van der Waals surface area contributed by atoms with E-state index in [2.05, 4.69) is 10.2 Å². The highest BCUT2D eigenvalue weighted by molar-refractivity contribution is 7.13. The molecule has 0 N–H and O–H groups in total. The molecule has 5 aromatic rings. The number of ether oxygens (including phenoxy) is 2. The summed E-state index contributed by atoms with van der Waals surface area (Å²) in [5, 5.41) is 9.00. The van der Waals surface area contributed by atoms with Gasteiger partial charge in [0, 0.05) is 5.02 Å². The van der Waals surface area contributed by atoms with Gasteiger partial charge >= 0.3 is 0 Å².